The van der Waals surface area contributed by atoms with Crippen LogP contribution in [0.5, 0.6) is 0 Å². The van der Waals surface area contributed by atoms with Crippen molar-refractivity contribution in [3.8, 4) is 0 Å². The highest BCUT2D eigenvalue weighted by molar-refractivity contribution is 6.03. The normalized spacial score (nSPS) is 24.4. The van der Waals surface area contributed by atoms with Crippen molar-refractivity contribution in [2.45, 2.75) is 31.5 Å². The van der Waals surface area contributed by atoms with Gasteiger partial charge in [0.25, 0.3) is 0 Å². The van der Waals surface area contributed by atoms with Crippen LogP contribution >= 0.6 is 24.8 Å². The lowest BCUT2D eigenvalue weighted by molar-refractivity contribution is 0.646. The first-order valence-corrected chi connectivity index (χ1v) is 6.74. The first-order chi connectivity index (χ1) is 9.65. The van der Waals surface area contributed by atoms with Gasteiger partial charge in [0.2, 0.25) is 0 Å². The second-order valence-corrected chi connectivity index (χ2v) is 5.09. The molecule has 0 saturated carbocycles. The minimum Gasteiger partial charge on any atom is -0.386 e. The van der Waals surface area contributed by atoms with Crippen LogP contribution in [0.1, 0.15) is 24.0 Å². The molecule has 0 spiro atoms. The molecule has 2 aliphatic rings. The summed E-state index contributed by atoms with van der Waals surface area (Å²) >= 11 is 0. The number of amidine groups is 1. The van der Waals surface area contributed by atoms with Crippen LogP contribution in [0.25, 0.3) is 0 Å². The summed E-state index contributed by atoms with van der Waals surface area (Å²) < 4.78 is 0. The lowest BCUT2D eigenvalue weighted by atomic mass is 9.90. The smallest absolute Gasteiger partial charge is 0.191 e. The summed E-state index contributed by atoms with van der Waals surface area (Å²) in [6, 6.07) is 7.86. The third-order valence-corrected chi connectivity index (χ3v) is 3.68. The minimum atomic E-state index is -0.436. The SMILES string of the molecule is Cl.Cl.N=C(N)C1NC(N)=NC1N=C1CCCc2ccccc21. The molecular formula is C14H20Cl2N6. The number of aliphatic imine (C=N–C) groups is 2. The van der Waals surface area contributed by atoms with Crippen LogP contribution in [-0.4, -0.2) is 29.7 Å². The van der Waals surface area contributed by atoms with Gasteiger partial charge in [-0.3, -0.25) is 10.4 Å². The molecule has 2 unspecified atom stereocenters. The molecule has 8 heteroatoms. The first kappa shape index (κ1) is 18.3. The Labute approximate surface area is 141 Å². The summed E-state index contributed by atoms with van der Waals surface area (Å²) in [7, 11) is 0. The number of hydrogen-bond acceptors (Lipinski definition) is 5. The van der Waals surface area contributed by atoms with Crippen LogP contribution in [-0.2, 0) is 6.42 Å². The van der Waals surface area contributed by atoms with Crippen molar-refractivity contribution in [2.75, 3.05) is 0 Å². The summed E-state index contributed by atoms with van der Waals surface area (Å²) in [5.41, 5.74) is 14.8. The fraction of sp³-hybridized carbons (Fsp3) is 0.357. The second kappa shape index (κ2) is 7.47. The molecule has 1 aliphatic heterocycles. The molecule has 0 radical (unpaired) electrons. The molecule has 1 aliphatic carbocycles. The maximum Gasteiger partial charge on any atom is 0.191 e. The predicted octanol–water partition coefficient (Wildman–Crippen LogP) is 1.20. The number of aryl methyl sites for hydroxylation is 1. The first-order valence-electron chi connectivity index (χ1n) is 6.74. The highest BCUT2D eigenvalue weighted by atomic mass is 35.5. The van der Waals surface area contributed by atoms with Gasteiger partial charge in [0, 0.05) is 5.71 Å². The van der Waals surface area contributed by atoms with Gasteiger partial charge in [-0.1, -0.05) is 24.3 Å². The number of nitrogens with one attached hydrogen (secondary N) is 2. The highest BCUT2D eigenvalue weighted by Gasteiger charge is 2.30. The predicted molar refractivity (Wildman–Crippen MR) is 94.7 cm³/mol. The number of guanidine groups is 1. The molecule has 6 N–H and O–H groups in total. The van der Waals surface area contributed by atoms with E-state index < -0.39 is 12.2 Å². The van der Waals surface area contributed by atoms with E-state index in [1.54, 1.807) is 0 Å². The largest absolute Gasteiger partial charge is 0.386 e. The van der Waals surface area contributed by atoms with Crippen LogP contribution in [0.4, 0.5) is 0 Å². The van der Waals surface area contributed by atoms with Gasteiger partial charge in [-0.05, 0) is 30.4 Å². The molecule has 1 aromatic carbocycles. The molecule has 22 heavy (non-hydrogen) atoms. The van der Waals surface area contributed by atoms with Crippen LogP contribution < -0.4 is 16.8 Å². The van der Waals surface area contributed by atoms with Gasteiger partial charge in [0.1, 0.15) is 11.9 Å². The van der Waals surface area contributed by atoms with E-state index >= 15 is 0 Å². The quantitative estimate of drug-likeness (QED) is 0.478. The standard InChI is InChI=1S/C14H18N6.2ClH/c15-12(16)11-13(20-14(17)19-11)18-10-7-3-5-8-4-1-2-6-9(8)10;;/h1-2,4,6,11,13H,3,5,7H2,(H3,15,16)(H3,17,19,20);2*1H. The van der Waals surface area contributed by atoms with Gasteiger partial charge in [0.05, 0.1) is 0 Å². The molecule has 6 nitrogen and oxygen atoms in total. The molecule has 2 atom stereocenters. The number of nitrogens with two attached hydrogens (primary N) is 2. The van der Waals surface area contributed by atoms with Gasteiger partial charge in [-0.15, -0.1) is 24.8 Å². The number of rotatable bonds is 2. The third-order valence-electron chi connectivity index (χ3n) is 3.68. The van der Waals surface area contributed by atoms with E-state index in [-0.39, 0.29) is 30.6 Å². The molecule has 0 amide bonds. The van der Waals surface area contributed by atoms with Crippen LogP contribution in [0.15, 0.2) is 34.3 Å². The Bertz CT molecular complexity index is 613. The Morgan fingerprint density at radius 2 is 2.00 bits per heavy atom. The van der Waals surface area contributed by atoms with Crippen molar-refractivity contribution in [3.63, 3.8) is 0 Å². The average Bonchev–Trinajstić information content (AvgIpc) is 2.80. The van der Waals surface area contributed by atoms with Crippen molar-refractivity contribution in [2.24, 2.45) is 21.5 Å². The molecule has 0 aromatic heterocycles. The fourth-order valence-electron chi connectivity index (χ4n) is 2.72. The zero-order chi connectivity index (χ0) is 14.1. The molecule has 3 rings (SSSR count). The van der Waals surface area contributed by atoms with Gasteiger partial charge in [0.15, 0.2) is 12.1 Å². The van der Waals surface area contributed by atoms with Crippen LogP contribution in [0.2, 0.25) is 0 Å². The molecule has 0 bridgehead atoms. The van der Waals surface area contributed by atoms with Gasteiger partial charge < -0.3 is 16.8 Å². The number of hydrogen-bond donors (Lipinski definition) is 4. The Hall–Kier alpha value is -1.79. The van der Waals surface area contributed by atoms with E-state index in [4.69, 9.17) is 21.9 Å². The summed E-state index contributed by atoms with van der Waals surface area (Å²) in [6.45, 7) is 0. The van der Waals surface area contributed by atoms with E-state index in [1.165, 1.54) is 11.1 Å². The van der Waals surface area contributed by atoms with E-state index in [9.17, 15) is 0 Å². The van der Waals surface area contributed by atoms with Crippen molar-refractivity contribution in [1.82, 2.24) is 5.32 Å². The monoisotopic (exact) mass is 342 g/mol. The summed E-state index contributed by atoms with van der Waals surface area (Å²) in [5.74, 6) is 0.302. The molecule has 1 aromatic rings. The Morgan fingerprint density at radius 1 is 1.27 bits per heavy atom. The summed E-state index contributed by atoms with van der Waals surface area (Å²) in [6.07, 6.45) is 2.65. The minimum absolute atomic E-state index is 0. The molecule has 1 heterocycles. The van der Waals surface area contributed by atoms with E-state index in [2.05, 4.69) is 22.4 Å². The molecule has 0 fully saturated rings. The van der Waals surface area contributed by atoms with Gasteiger partial charge >= 0.3 is 0 Å². The van der Waals surface area contributed by atoms with E-state index in [1.807, 2.05) is 12.1 Å². The summed E-state index contributed by atoms with van der Waals surface area (Å²) in [5, 5.41) is 10.5. The highest BCUT2D eigenvalue weighted by Crippen LogP contribution is 2.23. The number of nitrogens with zero attached hydrogens (tertiary/aromatic N) is 2. The lowest BCUT2D eigenvalue weighted by Crippen LogP contribution is -2.46. The maximum absolute atomic E-state index is 7.59. The van der Waals surface area contributed by atoms with Crippen molar-refractivity contribution >= 4 is 42.3 Å². The number of halogens is 2. The Kier molecular flexibility index (Phi) is 6.20. The van der Waals surface area contributed by atoms with Gasteiger partial charge in [-0.25, -0.2) is 4.99 Å². The Morgan fingerprint density at radius 3 is 2.73 bits per heavy atom. The summed E-state index contributed by atoms with van der Waals surface area (Å²) in [4.78, 5) is 8.93. The maximum atomic E-state index is 7.59. The number of benzene rings is 1. The average molecular weight is 343 g/mol. The molecule has 0 saturated heterocycles. The second-order valence-electron chi connectivity index (χ2n) is 5.09. The zero-order valence-corrected chi connectivity index (χ0v) is 13.6. The van der Waals surface area contributed by atoms with Crippen LogP contribution in [0.3, 0.4) is 0 Å². The Balaban J connectivity index is 0.00000121. The van der Waals surface area contributed by atoms with Crippen LogP contribution in [0, 0.1) is 5.41 Å². The lowest BCUT2D eigenvalue weighted by Gasteiger charge is -2.20. The van der Waals surface area contributed by atoms with Crippen molar-refractivity contribution in [1.29, 1.82) is 5.41 Å². The number of fused-ring (bicyclic) bond motifs is 1. The third kappa shape index (κ3) is 3.51. The van der Waals surface area contributed by atoms with Gasteiger partial charge in [-0.2, -0.15) is 0 Å². The molecular weight excluding hydrogens is 323 g/mol. The topological polar surface area (TPSA) is 113 Å². The molecule has 120 valence electrons. The fourth-order valence-corrected chi connectivity index (χ4v) is 2.72. The zero-order valence-electron chi connectivity index (χ0n) is 12.0. The van der Waals surface area contributed by atoms with E-state index in [0.29, 0.717) is 5.96 Å². The van der Waals surface area contributed by atoms with Crippen molar-refractivity contribution in [3.05, 3.63) is 35.4 Å². The van der Waals surface area contributed by atoms with Crippen molar-refractivity contribution < 1.29 is 0 Å². The van der Waals surface area contributed by atoms with E-state index in [0.717, 1.165) is 25.0 Å².